The average molecular weight is 244 g/mol. The van der Waals surface area contributed by atoms with E-state index in [9.17, 15) is 0 Å². The standard InChI is InChI=1S/C9H16N4O2S/c10-12-9-11-3-8(16-9)5-13-1-2-15-7(4-13)6-14/h3,7,14H,1-2,4-6,10H2,(H,11,12). The third-order valence-corrected chi connectivity index (χ3v) is 3.40. The molecule has 16 heavy (non-hydrogen) atoms. The predicted octanol–water partition coefficient (Wildman–Crippen LogP) is -0.378. The lowest BCUT2D eigenvalue weighted by Gasteiger charge is -2.31. The lowest BCUT2D eigenvalue weighted by Crippen LogP contribution is -2.43. The van der Waals surface area contributed by atoms with Gasteiger partial charge in [0.25, 0.3) is 0 Å². The Balaban J connectivity index is 1.88. The largest absolute Gasteiger partial charge is 0.394 e. The molecule has 0 spiro atoms. The van der Waals surface area contributed by atoms with Gasteiger partial charge in [-0.1, -0.05) is 11.3 Å². The van der Waals surface area contributed by atoms with Gasteiger partial charge in [-0.2, -0.15) is 0 Å². The number of hydrogen-bond donors (Lipinski definition) is 3. The number of hydrazine groups is 1. The van der Waals surface area contributed by atoms with E-state index >= 15 is 0 Å². The van der Waals surface area contributed by atoms with Crippen molar-refractivity contribution in [3.8, 4) is 0 Å². The number of nitrogens with zero attached hydrogens (tertiary/aromatic N) is 2. The van der Waals surface area contributed by atoms with Gasteiger partial charge in [0.1, 0.15) is 0 Å². The number of anilines is 1. The van der Waals surface area contributed by atoms with Crippen molar-refractivity contribution in [1.82, 2.24) is 9.88 Å². The first-order chi connectivity index (χ1) is 7.81. The van der Waals surface area contributed by atoms with Crippen LogP contribution in [0.1, 0.15) is 4.88 Å². The topological polar surface area (TPSA) is 83.6 Å². The number of aliphatic hydroxyl groups is 1. The summed E-state index contributed by atoms with van der Waals surface area (Å²) < 4.78 is 5.39. The fourth-order valence-electron chi connectivity index (χ4n) is 1.70. The highest BCUT2D eigenvalue weighted by atomic mass is 32.1. The van der Waals surface area contributed by atoms with Crippen molar-refractivity contribution < 1.29 is 9.84 Å². The molecule has 2 rings (SSSR count). The number of nitrogens with one attached hydrogen (secondary N) is 1. The van der Waals surface area contributed by atoms with Gasteiger partial charge in [-0.3, -0.25) is 10.3 Å². The quantitative estimate of drug-likeness (QED) is 0.495. The van der Waals surface area contributed by atoms with Crippen LogP contribution >= 0.6 is 11.3 Å². The number of rotatable bonds is 4. The normalized spacial score (nSPS) is 22.2. The molecule has 1 saturated heterocycles. The molecule has 1 unspecified atom stereocenters. The molecule has 0 amide bonds. The van der Waals surface area contributed by atoms with Gasteiger partial charge >= 0.3 is 0 Å². The van der Waals surface area contributed by atoms with Gasteiger partial charge in [0, 0.05) is 30.7 Å². The molecular formula is C9H16N4O2S. The van der Waals surface area contributed by atoms with E-state index < -0.39 is 0 Å². The number of morpholine rings is 1. The van der Waals surface area contributed by atoms with E-state index in [-0.39, 0.29) is 12.7 Å². The van der Waals surface area contributed by atoms with Crippen molar-refractivity contribution in [2.24, 2.45) is 5.84 Å². The van der Waals surface area contributed by atoms with Crippen LogP contribution in [0.3, 0.4) is 0 Å². The molecule has 1 atom stereocenters. The number of aliphatic hydroxyl groups excluding tert-OH is 1. The van der Waals surface area contributed by atoms with Crippen LogP contribution in [0.5, 0.6) is 0 Å². The minimum absolute atomic E-state index is 0.0613. The summed E-state index contributed by atoms with van der Waals surface area (Å²) in [5, 5.41) is 9.75. The summed E-state index contributed by atoms with van der Waals surface area (Å²) in [6, 6.07) is 0. The summed E-state index contributed by atoms with van der Waals surface area (Å²) in [6.45, 7) is 3.24. The highest BCUT2D eigenvalue weighted by Gasteiger charge is 2.20. The number of nitrogens with two attached hydrogens (primary N) is 1. The Morgan fingerprint density at radius 2 is 2.62 bits per heavy atom. The van der Waals surface area contributed by atoms with Crippen molar-refractivity contribution in [2.75, 3.05) is 31.7 Å². The van der Waals surface area contributed by atoms with Crippen LogP contribution in [0.15, 0.2) is 6.20 Å². The first-order valence-corrected chi connectivity index (χ1v) is 5.99. The summed E-state index contributed by atoms with van der Waals surface area (Å²) >= 11 is 1.54. The van der Waals surface area contributed by atoms with Crippen LogP contribution in [0.4, 0.5) is 5.13 Å². The Bertz CT molecular complexity index is 333. The van der Waals surface area contributed by atoms with Gasteiger partial charge in [-0.15, -0.1) is 0 Å². The van der Waals surface area contributed by atoms with Crippen LogP contribution in [-0.4, -0.2) is 47.4 Å². The van der Waals surface area contributed by atoms with Gasteiger partial charge in [0.2, 0.25) is 0 Å². The van der Waals surface area contributed by atoms with Gasteiger partial charge in [-0.25, -0.2) is 10.8 Å². The number of thiazole rings is 1. The van der Waals surface area contributed by atoms with Crippen LogP contribution in [-0.2, 0) is 11.3 Å². The second-order valence-electron chi connectivity index (χ2n) is 3.69. The molecule has 1 aliphatic rings. The molecule has 6 nitrogen and oxygen atoms in total. The highest BCUT2D eigenvalue weighted by molar-refractivity contribution is 7.15. The molecule has 0 aliphatic carbocycles. The molecular weight excluding hydrogens is 228 g/mol. The molecule has 90 valence electrons. The number of aromatic nitrogens is 1. The minimum Gasteiger partial charge on any atom is -0.394 e. The van der Waals surface area contributed by atoms with E-state index in [1.807, 2.05) is 6.20 Å². The van der Waals surface area contributed by atoms with Crippen molar-refractivity contribution in [3.63, 3.8) is 0 Å². The summed E-state index contributed by atoms with van der Waals surface area (Å²) in [6.07, 6.45) is 1.76. The number of ether oxygens (including phenoxy) is 1. The summed E-state index contributed by atoms with van der Waals surface area (Å²) in [5.41, 5.74) is 2.53. The molecule has 0 aromatic carbocycles. The Morgan fingerprint density at radius 1 is 1.75 bits per heavy atom. The van der Waals surface area contributed by atoms with E-state index in [0.717, 1.165) is 29.6 Å². The zero-order valence-electron chi connectivity index (χ0n) is 8.93. The molecule has 7 heteroatoms. The zero-order chi connectivity index (χ0) is 11.4. The molecule has 1 fully saturated rings. The summed E-state index contributed by atoms with van der Waals surface area (Å²) in [7, 11) is 0. The van der Waals surface area contributed by atoms with E-state index in [2.05, 4.69) is 15.3 Å². The Kier molecular flexibility index (Phi) is 4.08. The highest BCUT2D eigenvalue weighted by Crippen LogP contribution is 2.19. The SMILES string of the molecule is NNc1ncc(CN2CCOC(CO)C2)s1. The third-order valence-electron chi connectivity index (χ3n) is 2.48. The molecule has 1 aliphatic heterocycles. The van der Waals surface area contributed by atoms with Crippen LogP contribution in [0, 0.1) is 0 Å². The Morgan fingerprint density at radius 3 is 3.31 bits per heavy atom. The second kappa shape index (κ2) is 5.55. The lowest BCUT2D eigenvalue weighted by atomic mass is 10.3. The molecule has 1 aromatic heterocycles. The molecule has 2 heterocycles. The Labute approximate surface area is 98.0 Å². The molecule has 0 radical (unpaired) electrons. The third kappa shape index (κ3) is 2.89. The van der Waals surface area contributed by atoms with Crippen molar-refractivity contribution in [2.45, 2.75) is 12.6 Å². The maximum Gasteiger partial charge on any atom is 0.197 e. The van der Waals surface area contributed by atoms with Gasteiger partial charge in [0.15, 0.2) is 5.13 Å². The second-order valence-corrected chi connectivity index (χ2v) is 4.80. The lowest BCUT2D eigenvalue weighted by molar-refractivity contribution is -0.0548. The first-order valence-electron chi connectivity index (χ1n) is 5.18. The summed E-state index contributed by atoms with van der Waals surface area (Å²) in [5.74, 6) is 5.27. The van der Waals surface area contributed by atoms with E-state index in [0.29, 0.717) is 6.61 Å². The fourth-order valence-corrected chi connectivity index (χ4v) is 2.47. The Hall–Kier alpha value is -0.730. The molecule has 0 bridgehead atoms. The van der Waals surface area contributed by atoms with Gasteiger partial charge in [-0.05, 0) is 0 Å². The van der Waals surface area contributed by atoms with E-state index in [1.165, 1.54) is 0 Å². The molecule has 0 saturated carbocycles. The number of nitrogen functional groups attached to an aromatic ring is 1. The average Bonchev–Trinajstić information content (AvgIpc) is 2.77. The van der Waals surface area contributed by atoms with Crippen LogP contribution < -0.4 is 11.3 Å². The summed E-state index contributed by atoms with van der Waals surface area (Å²) in [4.78, 5) is 7.52. The fraction of sp³-hybridized carbons (Fsp3) is 0.667. The van der Waals surface area contributed by atoms with Crippen molar-refractivity contribution in [1.29, 1.82) is 0 Å². The van der Waals surface area contributed by atoms with E-state index in [1.54, 1.807) is 11.3 Å². The van der Waals surface area contributed by atoms with Crippen LogP contribution in [0.25, 0.3) is 0 Å². The maximum atomic E-state index is 9.03. The van der Waals surface area contributed by atoms with Crippen LogP contribution in [0.2, 0.25) is 0 Å². The van der Waals surface area contributed by atoms with E-state index in [4.69, 9.17) is 15.7 Å². The molecule has 4 N–H and O–H groups in total. The minimum atomic E-state index is -0.0613. The zero-order valence-corrected chi connectivity index (χ0v) is 9.74. The monoisotopic (exact) mass is 244 g/mol. The van der Waals surface area contributed by atoms with Crippen molar-refractivity contribution >= 4 is 16.5 Å². The first kappa shape index (κ1) is 11.7. The predicted molar refractivity (Wildman–Crippen MR) is 62.0 cm³/mol. The van der Waals surface area contributed by atoms with Crippen molar-refractivity contribution in [3.05, 3.63) is 11.1 Å². The molecule has 1 aromatic rings. The maximum absolute atomic E-state index is 9.03. The number of hydrogen-bond acceptors (Lipinski definition) is 7. The van der Waals surface area contributed by atoms with Gasteiger partial charge < -0.3 is 9.84 Å². The van der Waals surface area contributed by atoms with Gasteiger partial charge in [0.05, 0.1) is 19.3 Å². The smallest absolute Gasteiger partial charge is 0.197 e.